The van der Waals surface area contributed by atoms with Gasteiger partial charge in [0.05, 0.1) is 37.0 Å². The van der Waals surface area contributed by atoms with Gasteiger partial charge in [-0.25, -0.2) is 4.99 Å². The van der Waals surface area contributed by atoms with Gasteiger partial charge < -0.3 is 20.1 Å². The van der Waals surface area contributed by atoms with Gasteiger partial charge in [-0.3, -0.25) is 0 Å². The summed E-state index contributed by atoms with van der Waals surface area (Å²) in [4.78, 5) is 6.80. The van der Waals surface area contributed by atoms with Gasteiger partial charge in [-0.15, -0.1) is 0 Å². The van der Waals surface area contributed by atoms with Gasteiger partial charge in [0.2, 0.25) is 5.90 Å². The monoisotopic (exact) mass is 313 g/mol. The maximum absolute atomic E-state index is 6.07. The fraction of sp³-hybridized carbons (Fsp3) is 0.533. The van der Waals surface area contributed by atoms with E-state index in [4.69, 9.17) is 26.8 Å². The highest BCUT2D eigenvalue weighted by atomic mass is 35.5. The zero-order valence-corrected chi connectivity index (χ0v) is 13.9. The van der Waals surface area contributed by atoms with Gasteiger partial charge >= 0.3 is 0 Å². The summed E-state index contributed by atoms with van der Waals surface area (Å²) in [6.07, 6.45) is 0. The molecule has 0 unspecified atom stereocenters. The van der Waals surface area contributed by atoms with E-state index in [0.717, 1.165) is 19.6 Å². The Bertz CT molecular complexity index is 488. The molecule has 0 spiro atoms. The second-order valence-corrected chi connectivity index (χ2v) is 4.90. The summed E-state index contributed by atoms with van der Waals surface area (Å²) in [5, 5.41) is 0.458. The lowest BCUT2D eigenvalue weighted by Crippen LogP contribution is -2.26. The summed E-state index contributed by atoms with van der Waals surface area (Å²) in [5.41, 5.74) is 6.96. The third-order valence-corrected chi connectivity index (χ3v) is 3.64. The molecule has 0 saturated heterocycles. The van der Waals surface area contributed by atoms with E-state index in [-0.39, 0.29) is 0 Å². The van der Waals surface area contributed by atoms with Crippen molar-refractivity contribution < 1.29 is 9.47 Å². The van der Waals surface area contributed by atoms with Gasteiger partial charge in [-0.1, -0.05) is 25.4 Å². The van der Waals surface area contributed by atoms with Gasteiger partial charge in [0.25, 0.3) is 0 Å². The normalized spacial score (nSPS) is 11.8. The molecular weight excluding hydrogens is 290 g/mol. The molecule has 1 aromatic rings. The topological polar surface area (TPSA) is 60.1 Å². The van der Waals surface area contributed by atoms with E-state index in [1.807, 2.05) is 0 Å². The number of nitrogens with zero attached hydrogens (tertiary/aromatic N) is 2. The number of methoxy groups -OCH3 is 2. The molecule has 0 radical (unpaired) electrons. The van der Waals surface area contributed by atoms with E-state index in [0.29, 0.717) is 34.5 Å². The lowest BCUT2D eigenvalue weighted by Gasteiger charge is -2.17. The molecule has 0 fully saturated rings. The van der Waals surface area contributed by atoms with Gasteiger partial charge in [-0.05, 0) is 19.2 Å². The number of halogens is 1. The molecule has 0 amide bonds. The Balaban J connectivity index is 2.96. The number of nitrogens with two attached hydrogens (primary N) is 1. The van der Waals surface area contributed by atoms with Crippen molar-refractivity contribution in [2.24, 2.45) is 4.99 Å². The van der Waals surface area contributed by atoms with Crippen LogP contribution < -0.4 is 10.5 Å². The molecular formula is C15H24ClN3O2. The summed E-state index contributed by atoms with van der Waals surface area (Å²) in [7, 11) is 3.16. The lowest BCUT2D eigenvalue weighted by molar-refractivity contribution is 0.311. The Kier molecular flexibility index (Phi) is 7.32. The fourth-order valence-electron chi connectivity index (χ4n) is 2.00. The van der Waals surface area contributed by atoms with Crippen molar-refractivity contribution in [1.29, 1.82) is 0 Å². The van der Waals surface area contributed by atoms with E-state index in [1.165, 1.54) is 0 Å². The molecule has 5 nitrogen and oxygen atoms in total. The number of anilines is 1. The van der Waals surface area contributed by atoms with Crippen molar-refractivity contribution in [2.75, 3.05) is 46.1 Å². The molecule has 0 aromatic heterocycles. The number of hydrogen-bond donors (Lipinski definition) is 1. The molecule has 0 saturated carbocycles. The van der Waals surface area contributed by atoms with Crippen LogP contribution >= 0.6 is 11.6 Å². The smallest absolute Gasteiger partial charge is 0.219 e. The summed E-state index contributed by atoms with van der Waals surface area (Å²) in [6.45, 7) is 7.80. The zero-order valence-electron chi connectivity index (χ0n) is 13.1. The van der Waals surface area contributed by atoms with E-state index in [1.54, 1.807) is 26.4 Å². The molecule has 0 aliphatic heterocycles. The molecule has 0 aliphatic rings. The van der Waals surface area contributed by atoms with Crippen molar-refractivity contribution in [1.82, 2.24) is 4.90 Å². The lowest BCUT2D eigenvalue weighted by atomic mass is 10.1. The zero-order chi connectivity index (χ0) is 15.8. The summed E-state index contributed by atoms with van der Waals surface area (Å²) >= 11 is 6.07. The second kappa shape index (κ2) is 8.74. The maximum atomic E-state index is 6.07. The van der Waals surface area contributed by atoms with E-state index >= 15 is 0 Å². The summed E-state index contributed by atoms with van der Waals surface area (Å²) in [6, 6.07) is 3.39. The van der Waals surface area contributed by atoms with Crippen molar-refractivity contribution >= 4 is 23.2 Å². The van der Waals surface area contributed by atoms with Gasteiger partial charge in [0, 0.05) is 12.6 Å². The van der Waals surface area contributed by atoms with E-state index in [2.05, 4.69) is 23.7 Å². The van der Waals surface area contributed by atoms with Crippen LogP contribution in [0.5, 0.6) is 5.75 Å². The minimum Gasteiger partial charge on any atom is -0.496 e. The minimum atomic E-state index is 0.458. The molecule has 0 bridgehead atoms. The van der Waals surface area contributed by atoms with Gasteiger partial charge in [0.1, 0.15) is 5.75 Å². The summed E-state index contributed by atoms with van der Waals surface area (Å²) < 4.78 is 10.7. The molecule has 118 valence electrons. The third kappa shape index (κ3) is 4.79. The van der Waals surface area contributed by atoms with Crippen LogP contribution in [0.15, 0.2) is 17.1 Å². The molecule has 6 heteroatoms. The van der Waals surface area contributed by atoms with E-state index < -0.39 is 0 Å². The largest absolute Gasteiger partial charge is 0.496 e. The second-order valence-electron chi connectivity index (χ2n) is 4.49. The Labute approximate surface area is 131 Å². The predicted molar refractivity (Wildman–Crippen MR) is 88.6 cm³/mol. The fourth-order valence-corrected chi connectivity index (χ4v) is 2.16. The molecule has 21 heavy (non-hydrogen) atoms. The maximum Gasteiger partial charge on any atom is 0.219 e. The standard InChI is InChI=1S/C15H24ClN3O2/c1-5-19(6-2)8-7-18-15(21-4)11-9-12(16)13(17)10-14(11)20-3/h9-10H,5-8,17H2,1-4H3. The first-order valence-corrected chi connectivity index (χ1v) is 7.39. The van der Waals surface area contributed by atoms with Crippen molar-refractivity contribution in [2.45, 2.75) is 13.8 Å². The average Bonchev–Trinajstić information content (AvgIpc) is 2.50. The van der Waals surface area contributed by atoms with Crippen LogP contribution in [-0.2, 0) is 4.74 Å². The number of benzene rings is 1. The van der Waals surface area contributed by atoms with Crippen LogP contribution in [0.2, 0.25) is 5.02 Å². The minimum absolute atomic E-state index is 0.458. The Morgan fingerprint density at radius 2 is 1.95 bits per heavy atom. The molecule has 2 N–H and O–H groups in total. The average molecular weight is 314 g/mol. The highest BCUT2D eigenvalue weighted by Crippen LogP contribution is 2.29. The molecule has 0 heterocycles. The molecule has 1 aromatic carbocycles. The van der Waals surface area contributed by atoms with Crippen LogP contribution in [0, 0.1) is 0 Å². The SMILES string of the molecule is CCN(CC)CCN=C(OC)c1cc(Cl)c(N)cc1OC. The third-order valence-electron chi connectivity index (χ3n) is 3.31. The van der Waals surface area contributed by atoms with Crippen LogP contribution in [0.3, 0.4) is 0 Å². The molecule has 1 rings (SSSR count). The van der Waals surface area contributed by atoms with Crippen LogP contribution in [-0.4, -0.2) is 51.2 Å². The number of nitrogen functional groups attached to an aromatic ring is 1. The summed E-state index contributed by atoms with van der Waals surface area (Å²) in [5.74, 6) is 1.10. The van der Waals surface area contributed by atoms with Crippen molar-refractivity contribution in [3.05, 3.63) is 22.7 Å². The highest BCUT2D eigenvalue weighted by Gasteiger charge is 2.14. The Morgan fingerprint density at radius 3 is 2.48 bits per heavy atom. The number of ether oxygens (including phenoxy) is 2. The first kappa shape index (κ1) is 17.6. The predicted octanol–water partition coefficient (Wildman–Crippen LogP) is 2.67. The van der Waals surface area contributed by atoms with Crippen molar-refractivity contribution in [3.63, 3.8) is 0 Å². The van der Waals surface area contributed by atoms with Crippen LogP contribution in [0.1, 0.15) is 19.4 Å². The van der Waals surface area contributed by atoms with Gasteiger partial charge in [0.15, 0.2) is 0 Å². The van der Waals surface area contributed by atoms with Gasteiger partial charge in [-0.2, -0.15) is 0 Å². The van der Waals surface area contributed by atoms with E-state index in [9.17, 15) is 0 Å². The Morgan fingerprint density at radius 1 is 1.29 bits per heavy atom. The molecule has 0 atom stereocenters. The number of aliphatic imine (C=N–C) groups is 1. The number of likely N-dealkylation sites (N-methyl/N-ethyl adjacent to an activating group) is 1. The van der Waals surface area contributed by atoms with Crippen LogP contribution in [0.4, 0.5) is 5.69 Å². The van der Waals surface area contributed by atoms with Crippen molar-refractivity contribution in [3.8, 4) is 5.75 Å². The number of rotatable bonds is 7. The number of hydrogen-bond acceptors (Lipinski definition) is 5. The Hall–Kier alpha value is -1.46. The molecule has 0 aliphatic carbocycles. The first-order valence-electron chi connectivity index (χ1n) is 7.01. The quantitative estimate of drug-likeness (QED) is 0.477. The highest BCUT2D eigenvalue weighted by molar-refractivity contribution is 6.33. The van der Waals surface area contributed by atoms with Crippen LogP contribution in [0.25, 0.3) is 0 Å². The first-order chi connectivity index (χ1) is 10.1.